The Hall–Kier alpha value is -0.610. The van der Waals surface area contributed by atoms with Crippen molar-refractivity contribution in [3.8, 4) is 0 Å². The third-order valence-electron chi connectivity index (χ3n) is 2.45. The number of amides is 1. The van der Waals surface area contributed by atoms with E-state index in [1.165, 1.54) is 6.42 Å². The van der Waals surface area contributed by atoms with Gasteiger partial charge in [0.05, 0.1) is 6.54 Å². The molecule has 1 aliphatic heterocycles. The average molecular weight is 199 g/mol. The maximum atomic E-state index is 11.5. The van der Waals surface area contributed by atoms with Crippen LogP contribution in [0.15, 0.2) is 0 Å². The summed E-state index contributed by atoms with van der Waals surface area (Å²) < 4.78 is 0. The summed E-state index contributed by atoms with van der Waals surface area (Å²) in [6.45, 7) is 2.62. The molecule has 0 saturated carbocycles. The number of hydrogen-bond acceptors (Lipinski definition) is 3. The van der Waals surface area contributed by atoms with Crippen molar-refractivity contribution in [3.05, 3.63) is 0 Å². The zero-order chi connectivity index (χ0) is 10.6. The second-order valence-electron chi connectivity index (χ2n) is 4.41. The van der Waals surface area contributed by atoms with Crippen LogP contribution in [0.4, 0.5) is 0 Å². The van der Waals surface area contributed by atoms with Crippen LogP contribution in [0.3, 0.4) is 0 Å². The topological polar surface area (TPSA) is 35.6 Å². The third kappa shape index (κ3) is 4.07. The molecule has 0 aliphatic carbocycles. The quantitative estimate of drug-likeness (QED) is 0.681. The maximum Gasteiger partial charge on any atom is 0.234 e. The van der Waals surface area contributed by atoms with E-state index in [0.717, 1.165) is 19.5 Å². The minimum absolute atomic E-state index is 0.135. The molecule has 0 aromatic rings. The van der Waals surface area contributed by atoms with E-state index in [1.54, 1.807) is 0 Å². The van der Waals surface area contributed by atoms with Crippen LogP contribution in [0.1, 0.15) is 12.8 Å². The molecule has 14 heavy (non-hydrogen) atoms. The molecular weight excluding hydrogens is 178 g/mol. The van der Waals surface area contributed by atoms with Crippen LogP contribution in [0, 0.1) is 0 Å². The first-order valence-electron chi connectivity index (χ1n) is 5.20. The molecule has 1 atom stereocenters. The minimum Gasteiger partial charge on any atom is -0.351 e. The highest BCUT2D eigenvalue weighted by Gasteiger charge is 2.18. The second kappa shape index (κ2) is 5.32. The molecule has 4 nitrogen and oxygen atoms in total. The summed E-state index contributed by atoms with van der Waals surface area (Å²) in [5, 5.41) is 3.06. The average Bonchev–Trinajstić information content (AvgIpc) is 2.01. The van der Waals surface area contributed by atoms with Crippen LogP contribution in [0.25, 0.3) is 0 Å². The zero-order valence-corrected chi connectivity index (χ0v) is 9.42. The lowest BCUT2D eigenvalue weighted by Crippen LogP contribution is -2.48. The maximum absolute atomic E-state index is 11.5. The first-order valence-corrected chi connectivity index (χ1v) is 5.20. The Labute approximate surface area is 86.2 Å². The van der Waals surface area contributed by atoms with E-state index in [9.17, 15) is 4.79 Å². The fraction of sp³-hybridized carbons (Fsp3) is 0.900. The van der Waals surface area contributed by atoms with E-state index < -0.39 is 0 Å². The van der Waals surface area contributed by atoms with Crippen molar-refractivity contribution in [3.63, 3.8) is 0 Å². The lowest BCUT2D eigenvalue weighted by atomic mass is 10.1. The molecule has 1 fully saturated rings. The van der Waals surface area contributed by atoms with Gasteiger partial charge in [-0.25, -0.2) is 0 Å². The van der Waals surface area contributed by atoms with Crippen molar-refractivity contribution in [1.29, 1.82) is 0 Å². The number of likely N-dealkylation sites (tertiary alicyclic amines) is 1. The standard InChI is InChI=1S/C10H21N3O/c1-12(2)8-10(14)11-9-5-4-6-13(3)7-9/h9H,4-8H2,1-3H3,(H,11,14). The molecule has 1 saturated heterocycles. The highest BCUT2D eigenvalue weighted by Crippen LogP contribution is 2.07. The van der Waals surface area contributed by atoms with Gasteiger partial charge in [-0.05, 0) is 40.5 Å². The Kier molecular flexibility index (Phi) is 4.35. The predicted molar refractivity (Wildman–Crippen MR) is 57.2 cm³/mol. The first kappa shape index (κ1) is 11.5. The van der Waals surface area contributed by atoms with Gasteiger partial charge in [-0.15, -0.1) is 0 Å². The van der Waals surface area contributed by atoms with Crippen molar-refractivity contribution in [2.75, 3.05) is 40.8 Å². The van der Waals surface area contributed by atoms with Crippen LogP contribution in [-0.2, 0) is 4.79 Å². The van der Waals surface area contributed by atoms with Gasteiger partial charge in [0.2, 0.25) is 5.91 Å². The van der Waals surface area contributed by atoms with Crippen molar-refractivity contribution >= 4 is 5.91 Å². The Morgan fingerprint density at radius 2 is 2.29 bits per heavy atom. The van der Waals surface area contributed by atoms with Crippen LogP contribution in [0.2, 0.25) is 0 Å². The fourth-order valence-electron chi connectivity index (χ4n) is 1.84. The first-order chi connectivity index (χ1) is 6.58. The summed E-state index contributed by atoms with van der Waals surface area (Å²) in [6, 6.07) is 0.348. The largest absolute Gasteiger partial charge is 0.351 e. The number of carbonyl (C=O) groups is 1. The lowest BCUT2D eigenvalue weighted by molar-refractivity contribution is -0.122. The van der Waals surface area contributed by atoms with Crippen LogP contribution >= 0.6 is 0 Å². The number of rotatable bonds is 3. The normalized spacial score (nSPS) is 23.9. The van der Waals surface area contributed by atoms with Gasteiger partial charge in [0, 0.05) is 12.6 Å². The molecule has 1 rings (SSSR count). The molecule has 1 amide bonds. The van der Waals surface area contributed by atoms with Gasteiger partial charge in [0.25, 0.3) is 0 Å². The molecule has 1 heterocycles. The number of hydrogen-bond donors (Lipinski definition) is 1. The van der Waals surface area contributed by atoms with Crippen LogP contribution < -0.4 is 5.32 Å². The van der Waals surface area contributed by atoms with Gasteiger partial charge < -0.3 is 15.1 Å². The molecule has 1 N–H and O–H groups in total. The zero-order valence-electron chi connectivity index (χ0n) is 9.42. The molecule has 0 radical (unpaired) electrons. The van der Waals surface area contributed by atoms with Gasteiger partial charge in [-0.3, -0.25) is 4.79 Å². The summed E-state index contributed by atoms with van der Waals surface area (Å²) in [7, 11) is 5.92. The van der Waals surface area contributed by atoms with E-state index in [0.29, 0.717) is 12.6 Å². The molecule has 1 unspecified atom stereocenters. The minimum atomic E-state index is 0.135. The van der Waals surface area contributed by atoms with Crippen molar-refractivity contribution in [2.45, 2.75) is 18.9 Å². The van der Waals surface area contributed by atoms with Gasteiger partial charge >= 0.3 is 0 Å². The number of nitrogens with one attached hydrogen (secondary N) is 1. The highest BCUT2D eigenvalue weighted by atomic mass is 16.2. The molecule has 0 aromatic carbocycles. The Morgan fingerprint density at radius 3 is 2.86 bits per heavy atom. The van der Waals surface area contributed by atoms with E-state index in [4.69, 9.17) is 0 Å². The molecule has 82 valence electrons. The molecular formula is C10H21N3O. The van der Waals surface area contributed by atoms with Gasteiger partial charge in [0.15, 0.2) is 0 Å². The smallest absolute Gasteiger partial charge is 0.234 e. The predicted octanol–water partition coefficient (Wildman–Crippen LogP) is -0.242. The number of likely N-dealkylation sites (N-methyl/N-ethyl adjacent to an activating group) is 2. The van der Waals surface area contributed by atoms with Gasteiger partial charge in [0.1, 0.15) is 0 Å². The van der Waals surface area contributed by atoms with E-state index in [1.807, 2.05) is 19.0 Å². The van der Waals surface area contributed by atoms with Crippen molar-refractivity contribution in [1.82, 2.24) is 15.1 Å². The summed E-state index contributed by atoms with van der Waals surface area (Å²) in [5.74, 6) is 0.135. The molecule has 0 spiro atoms. The van der Waals surface area contributed by atoms with Crippen LogP contribution in [0.5, 0.6) is 0 Å². The Balaban J connectivity index is 2.25. The summed E-state index contributed by atoms with van der Waals surface area (Å²) in [4.78, 5) is 15.6. The monoisotopic (exact) mass is 199 g/mol. The summed E-state index contributed by atoms with van der Waals surface area (Å²) >= 11 is 0. The third-order valence-corrected chi connectivity index (χ3v) is 2.45. The summed E-state index contributed by atoms with van der Waals surface area (Å²) in [6.07, 6.45) is 2.30. The number of piperidine rings is 1. The van der Waals surface area contributed by atoms with Gasteiger partial charge in [-0.1, -0.05) is 0 Å². The number of nitrogens with zero attached hydrogens (tertiary/aromatic N) is 2. The SMILES string of the molecule is CN(C)CC(=O)NC1CCCN(C)C1. The Morgan fingerprint density at radius 1 is 1.57 bits per heavy atom. The second-order valence-corrected chi connectivity index (χ2v) is 4.41. The fourth-order valence-corrected chi connectivity index (χ4v) is 1.84. The van der Waals surface area contributed by atoms with Crippen molar-refractivity contribution < 1.29 is 4.79 Å². The highest BCUT2D eigenvalue weighted by molar-refractivity contribution is 5.78. The molecule has 1 aliphatic rings. The van der Waals surface area contributed by atoms with E-state index in [-0.39, 0.29) is 5.91 Å². The molecule has 0 aromatic heterocycles. The lowest BCUT2D eigenvalue weighted by Gasteiger charge is -2.30. The van der Waals surface area contributed by atoms with Crippen LogP contribution in [-0.4, -0.2) is 62.5 Å². The molecule has 4 heteroatoms. The number of carbonyl (C=O) groups excluding carboxylic acids is 1. The van der Waals surface area contributed by atoms with Crippen molar-refractivity contribution in [2.24, 2.45) is 0 Å². The molecule has 0 bridgehead atoms. The summed E-state index contributed by atoms with van der Waals surface area (Å²) in [5.41, 5.74) is 0. The van der Waals surface area contributed by atoms with E-state index >= 15 is 0 Å². The van der Waals surface area contributed by atoms with Gasteiger partial charge in [-0.2, -0.15) is 0 Å². The Bertz CT molecular complexity index is 194. The van der Waals surface area contributed by atoms with E-state index in [2.05, 4.69) is 17.3 Å².